The van der Waals surface area contributed by atoms with Crippen LogP contribution in [0.5, 0.6) is 0 Å². The number of anilines is 1. The van der Waals surface area contributed by atoms with Gasteiger partial charge in [-0.1, -0.05) is 12.1 Å². The third kappa shape index (κ3) is 2.91. The zero-order valence-electron chi connectivity index (χ0n) is 15.4. The van der Waals surface area contributed by atoms with E-state index < -0.39 is 11.8 Å². The first-order valence-corrected chi connectivity index (χ1v) is 9.31. The Bertz CT molecular complexity index is 1060. The lowest BCUT2D eigenvalue weighted by molar-refractivity contribution is -0.131. The standard InChI is InChI=1S/C20H17N5O4/c26-16(12-25-18(27)13-4-1-2-5-14(13)19(25)28)23-8-10-24(11-9-23)20-22-15-6-3-7-21-17(15)29-20/h1-7H,8-12H2. The molecule has 0 spiro atoms. The summed E-state index contributed by atoms with van der Waals surface area (Å²) in [6.07, 6.45) is 1.65. The van der Waals surface area contributed by atoms with E-state index in [0.717, 1.165) is 4.90 Å². The van der Waals surface area contributed by atoms with Crippen LogP contribution >= 0.6 is 0 Å². The summed E-state index contributed by atoms with van der Waals surface area (Å²) in [5.41, 5.74) is 1.86. The van der Waals surface area contributed by atoms with Gasteiger partial charge in [-0.05, 0) is 24.3 Å². The molecule has 1 saturated heterocycles. The Morgan fingerprint density at radius 3 is 2.31 bits per heavy atom. The SMILES string of the molecule is O=C(CN1C(=O)c2ccccc2C1=O)N1CCN(c2nc3cccnc3o2)CC1. The first kappa shape index (κ1) is 17.4. The van der Waals surface area contributed by atoms with Crippen LogP contribution in [0.4, 0.5) is 6.01 Å². The van der Waals surface area contributed by atoms with E-state index in [2.05, 4.69) is 9.97 Å². The number of aromatic nitrogens is 2. The van der Waals surface area contributed by atoms with Gasteiger partial charge in [0.25, 0.3) is 17.8 Å². The fourth-order valence-corrected chi connectivity index (χ4v) is 3.66. The molecule has 0 radical (unpaired) electrons. The second-order valence-corrected chi connectivity index (χ2v) is 6.93. The molecule has 0 N–H and O–H groups in total. The number of rotatable bonds is 3. The zero-order chi connectivity index (χ0) is 20.0. The van der Waals surface area contributed by atoms with Crippen LogP contribution in [0.3, 0.4) is 0 Å². The van der Waals surface area contributed by atoms with Crippen molar-refractivity contribution in [2.24, 2.45) is 0 Å². The third-order valence-electron chi connectivity index (χ3n) is 5.23. The molecule has 3 amide bonds. The van der Waals surface area contributed by atoms with Crippen molar-refractivity contribution in [3.8, 4) is 0 Å². The van der Waals surface area contributed by atoms with Gasteiger partial charge in [-0.15, -0.1) is 0 Å². The van der Waals surface area contributed by atoms with Crippen molar-refractivity contribution in [3.63, 3.8) is 0 Å². The summed E-state index contributed by atoms with van der Waals surface area (Å²) in [5, 5.41) is 0. The maximum absolute atomic E-state index is 12.7. The molecular weight excluding hydrogens is 374 g/mol. The molecule has 146 valence electrons. The minimum Gasteiger partial charge on any atom is -0.404 e. The van der Waals surface area contributed by atoms with Gasteiger partial charge in [0, 0.05) is 32.4 Å². The van der Waals surface area contributed by atoms with Gasteiger partial charge in [-0.25, -0.2) is 4.98 Å². The molecule has 5 rings (SSSR count). The number of nitrogens with zero attached hydrogens (tertiary/aromatic N) is 5. The summed E-state index contributed by atoms with van der Waals surface area (Å²) in [5.74, 6) is -1.09. The van der Waals surface area contributed by atoms with Crippen molar-refractivity contribution < 1.29 is 18.8 Å². The Kier molecular flexibility index (Phi) is 4.01. The Morgan fingerprint density at radius 1 is 0.966 bits per heavy atom. The van der Waals surface area contributed by atoms with Crippen LogP contribution in [0.1, 0.15) is 20.7 Å². The average molecular weight is 391 g/mol. The molecule has 9 heteroatoms. The smallest absolute Gasteiger partial charge is 0.299 e. The van der Waals surface area contributed by atoms with Gasteiger partial charge in [0.15, 0.2) is 0 Å². The van der Waals surface area contributed by atoms with E-state index in [1.165, 1.54) is 0 Å². The molecule has 0 unspecified atom stereocenters. The van der Waals surface area contributed by atoms with Gasteiger partial charge in [-0.2, -0.15) is 4.98 Å². The highest BCUT2D eigenvalue weighted by molar-refractivity contribution is 6.22. The second kappa shape index (κ2) is 6.69. The van der Waals surface area contributed by atoms with Gasteiger partial charge in [0.1, 0.15) is 12.1 Å². The number of hydrogen-bond donors (Lipinski definition) is 0. The fourth-order valence-electron chi connectivity index (χ4n) is 3.66. The average Bonchev–Trinajstić information content (AvgIpc) is 3.29. The molecule has 0 aliphatic carbocycles. The number of fused-ring (bicyclic) bond motifs is 2. The van der Waals surface area contributed by atoms with Gasteiger partial charge in [-0.3, -0.25) is 19.3 Å². The Morgan fingerprint density at radius 2 is 1.66 bits per heavy atom. The number of oxazole rings is 1. The Hall–Kier alpha value is -3.75. The minimum atomic E-state index is -0.420. The molecular formula is C20H17N5O4. The van der Waals surface area contributed by atoms with Crippen molar-refractivity contribution in [3.05, 3.63) is 53.7 Å². The lowest BCUT2D eigenvalue weighted by Crippen LogP contribution is -2.52. The summed E-state index contributed by atoms with van der Waals surface area (Å²) in [4.78, 5) is 50.8. The van der Waals surface area contributed by atoms with E-state index in [9.17, 15) is 14.4 Å². The first-order valence-electron chi connectivity index (χ1n) is 9.31. The van der Waals surface area contributed by atoms with Crippen LogP contribution in [0.15, 0.2) is 47.0 Å². The highest BCUT2D eigenvalue weighted by atomic mass is 16.4. The normalized spacial score (nSPS) is 16.6. The maximum Gasteiger partial charge on any atom is 0.299 e. The quantitative estimate of drug-likeness (QED) is 0.618. The van der Waals surface area contributed by atoms with Crippen LogP contribution < -0.4 is 4.90 Å². The van der Waals surface area contributed by atoms with E-state index in [0.29, 0.717) is 54.6 Å². The molecule has 1 fully saturated rings. The summed E-state index contributed by atoms with van der Waals surface area (Å²) in [7, 11) is 0. The van der Waals surface area contributed by atoms with E-state index in [1.807, 2.05) is 11.0 Å². The minimum absolute atomic E-state index is 0.251. The number of benzene rings is 1. The van der Waals surface area contributed by atoms with Crippen molar-refractivity contribution in [1.29, 1.82) is 0 Å². The number of piperazine rings is 1. The van der Waals surface area contributed by atoms with E-state index >= 15 is 0 Å². The monoisotopic (exact) mass is 391 g/mol. The van der Waals surface area contributed by atoms with E-state index in [1.54, 1.807) is 41.4 Å². The number of carbonyl (C=O) groups excluding carboxylic acids is 3. The van der Waals surface area contributed by atoms with Gasteiger partial charge >= 0.3 is 0 Å². The molecule has 0 saturated carbocycles. The van der Waals surface area contributed by atoms with Crippen LogP contribution in [0.25, 0.3) is 11.2 Å². The number of carbonyl (C=O) groups is 3. The Labute approximate surface area is 165 Å². The van der Waals surface area contributed by atoms with Gasteiger partial charge in [0.2, 0.25) is 11.6 Å². The van der Waals surface area contributed by atoms with Crippen molar-refractivity contribution in [1.82, 2.24) is 19.8 Å². The van der Waals surface area contributed by atoms with Crippen molar-refractivity contribution in [2.45, 2.75) is 0 Å². The van der Waals surface area contributed by atoms with E-state index in [-0.39, 0.29) is 12.5 Å². The lowest BCUT2D eigenvalue weighted by Gasteiger charge is -2.34. The topological polar surface area (TPSA) is 99.9 Å². The maximum atomic E-state index is 12.7. The van der Waals surface area contributed by atoms with Gasteiger partial charge < -0.3 is 14.2 Å². The van der Waals surface area contributed by atoms with Gasteiger partial charge in [0.05, 0.1) is 11.1 Å². The largest absolute Gasteiger partial charge is 0.404 e. The molecule has 1 aromatic carbocycles. The number of hydrogen-bond acceptors (Lipinski definition) is 7. The summed E-state index contributed by atoms with van der Waals surface area (Å²) < 4.78 is 5.68. The molecule has 2 aromatic heterocycles. The lowest BCUT2D eigenvalue weighted by atomic mass is 10.1. The van der Waals surface area contributed by atoms with Crippen LogP contribution in [-0.4, -0.2) is 70.2 Å². The predicted octanol–water partition coefficient (Wildman–Crippen LogP) is 1.17. The highest BCUT2D eigenvalue weighted by Gasteiger charge is 2.37. The summed E-state index contributed by atoms with van der Waals surface area (Å²) >= 11 is 0. The van der Waals surface area contributed by atoms with E-state index in [4.69, 9.17) is 4.42 Å². The van der Waals surface area contributed by atoms with Crippen LogP contribution in [0.2, 0.25) is 0 Å². The molecule has 0 bridgehead atoms. The molecule has 29 heavy (non-hydrogen) atoms. The summed E-state index contributed by atoms with van der Waals surface area (Å²) in [6, 6.07) is 10.7. The van der Waals surface area contributed by atoms with Crippen LogP contribution in [0, 0.1) is 0 Å². The highest BCUT2D eigenvalue weighted by Crippen LogP contribution is 2.23. The first-order chi connectivity index (χ1) is 14.1. The Balaban J connectivity index is 1.23. The third-order valence-corrected chi connectivity index (χ3v) is 5.23. The molecule has 9 nitrogen and oxygen atoms in total. The molecule has 2 aliphatic heterocycles. The van der Waals surface area contributed by atoms with Crippen LogP contribution in [-0.2, 0) is 4.79 Å². The zero-order valence-corrected chi connectivity index (χ0v) is 15.4. The number of amides is 3. The predicted molar refractivity (Wildman–Crippen MR) is 102 cm³/mol. The molecule has 0 atom stereocenters. The van der Waals surface area contributed by atoms with Crippen molar-refractivity contribution in [2.75, 3.05) is 37.6 Å². The number of pyridine rings is 1. The summed E-state index contributed by atoms with van der Waals surface area (Å²) in [6.45, 7) is 1.74. The number of imide groups is 1. The molecule has 4 heterocycles. The van der Waals surface area contributed by atoms with Crippen molar-refractivity contribution >= 4 is 35.0 Å². The fraction of sp³-hybridized carbons (Fsp3) is 0.250. The second-order valence-electron chi connectivity index (χ2n) is 6.93. The molecule has 3 aromatic rings. The molecule has 2 aliphatic rings.